The standard InChI is InChI=1S/C13H12FN3OS/c14-8-3-4-9(10(15)5-8)12(18)17-13-16-11(6-19-13)7-1-2-7/h3-7H,1-2,15H2,(H,16,17,18). The topological polar surface area (TPSA) is 68.0 Å². The number of nitrogens with zero attached hydrogens (tertiary/aromatic N) is 1. The number of nitrogens with two attached hydrogens (primary N) is 1. The molecule has 0 spiro atoms. The van der Waals surface area contributed by atoms with Gasteiger partial charge in [-0.05, 0) is 31.0 Å². The number of halogens is 1. The van der Waals surface area contributed by atoms with Crippen LogP contribution in [0, 0.1) is 5.82 Å². The van der Waals surface area contributed by atoms with E-state index < -0.39 is 5.82 Å². The SMILES string of the molecule is Nc1cc(F)ccc1C(=O)Nc1nc(C2CC2)cs1. The van der Waals surface area contributed by atoms with Gasteiger partial charge in [-0.15, -0.1) is 11.3 Å². The lowest BCUT2D eigenvalue weighted by atomic mass is 10.1. The number of nitrogens with one attached hydrogen (secondary N) is 1. The summed E-state index contributed by atoms with van der Waals surface area (Å²) in [5.41, 5.74) is 7.03. The lowest BCUT2D eigenvalue weighted by Gasteiger charge is -2.04. The van der Waals surface area contributed by atoms with Crippen molar-refractivity contribution < 1.29 is 9.18 Å². The van der Waals surface area contributed by atoms with Crippen molar-refractivity contribution in [3.8, 4) is 0 Å². The number of rotatable bonds is 3. The Balaban J connectivity index is 1.76. The van der Waals surface area contributed by atoms with Crippen molar-refractivity contribution in [1.82, 2.24) is 4.98 Å². The average molecular weight is 277 g/mol. The number of nitrogen functional groups attached to an aromatic ring is 1. The van der Waals surface area contributed by atoms with Gasteiger partial charge in [0.05, 0.1) is 11.3 Å². The lowest BCUT2D eigenvalue weighted by Crippen LogP contribution is -2.14. The summed E-state index contributed by atoms with van der Waals surface area (Å²) in [6.45, 7) is 0. The van der Waals surface area contributed by atoms with Gasteiger partial charge < -0.3 is 5.73 Å². The molecular weight excluding hydrogens is 265 g/mol. The van der Waals surface area contributed by atoms with Gasteiger partial charge in [0, 0.05) is 17.0 Å². The third kappa shape index (κ3) is 2.58. The molecule has 1 aliphatic carbocycles. The van der Waals surface area contributed by atoms with Crippen molar-refractivity contribution in [2.24, 2.45) is 0 Å². The van der Waals surface area contributed by atoms with Crippen LogP contribution >= 0.6 is 11.3 Å². The first-order valence-corrected chi connectivity index (χ1v) is 6.83. The Kier molecular flexibility index (Phi) is 2.94. The summed E-state index contributed by atoms with van der Waals surface area (Å²) < 4.78 is 12.9. The second kappa shape index (κ2) is 4.62. The average Bonchev–Trinajstić information content (AvgIpc) is 3.10. The molecule has 2 aromatic rings. The molecule has 4 nitrogen and oxygen atoms in total. The highest BCUT2D eigenvalue weighted by Crippen LogP contribution is 2.40. The van der Waals surface area contributed by atoms with Crippen molar-refractivity contribution in [2.45, 2.75) is 18.8 Å². The van der Waals surface area contributed by atoms with Gasteiger partial charge in [0.2, 0.25) is 0 Å². The Hall–Kier alpha value is -1.95. The van der Waals surface area contributed by atoms with Gasteiger partial charge in [0.15, 0.2) is 5.13 Å². The molecule has 98 valence electrons. The molecule has 1 heterocycles. The highest BCUT2D eigenvalue weighted by Gasteiger charge is 2.26. The highest BCUT2D eigenvalue weighted by atomic mass is 32.1. The van der Waals surface area contributed by atoms with E-state index in [1.165, 1.54) is 36.3 Å². The minimum absolute atomic E-state index is 0.122. The van der Waals surface area contributed by atoms with Crippen LogP contribution in [0.4, 0.5) is 15.2 Å². The fourth-order valence-electron chi connectivity index (χ4n) is 1.81. The zero-order chi connectivity index (χ0) is 13.4. The maximum Gasteiger partial charge on any atom is 0.259 e. The maximum absolute atomic E-state index is 12.9. The third-order valence-corrected chi connectivity index (χ3v) is 3.77. The van der Waals surface area contributed by atoms with Gasteiger partial charge in [-0.3, -0.25) is 10.1 Å². The molecule has 1 aliphatic rings. The van der Waals surface area contributed by atoms with Gasteiger partial charge in [-0.25, -0.2) is 9.37 Å². The van der Waals surface area contributed by atoms with Gasteiger partial charge in [-0.1, -0.05) is 0 Å². The molecule has 0 radical (unpaired) electrons. The van der Waals surface area contributed by atoms with E-state index in [-0.39, 0.29) is 17.2 Å². The van der Waals surface area contributed by atoms with Crippen molar-refractivity contribution in [3.63, 3.8) is 0 Å². The summed E-state index contributed by atoms with van der Waals surface area (Å²) in [7, 11) is 0. The number of thiazole rings is 1. The van der Waals surface area contributed by atoms with E-state index in [1.807, 2.05) is 5.38 Å². The van der Waals surface area contributed by atoms with Crippen molar-refractivity contribution in [1.29, 1.82) is 0 Å². The van der Waals surface area contributed by atoms with E-state index in [0.717, 1.165) is 11.8 Å². The number of carbonyl (C=O) groups excluding carboxylic acids is 1. The molecule has 3 rings (SSSR count). The number of amides is 1. The van der Waals surface area contributed by atoms with Crippen LogP contribution in [0.2, 0.25) is 0 Å². The largest absolute Gasteiger partial charge is 0.398 e. The molecule has 1 aromatic heterocycles. The molecule has 0 atom stereocenters. The Bertz CT molecular complexity index is 637. The molecule has 1 aromatic carbocycles. The van der Waals surface area contributed by atoms with Crippen LogP contribution in [-0.4, -0.2) is 10.9 Å². The Morgan fingerprint density at radius 3 is 2.95 bits per heavy atom. The Morgan fingerprint density at radius 2 is 2.26 bits per heavy atom. The van der Waals surface area contributed by atoms with Crippen LogP contribution in [0.25, 0.3) is 0 Å². The van der Waals surface area contributed by atoms with Gasteiger partial charge in [-0.2, -0.15) is 0 Å². The van der Waals surface area contributed by atoms with Gasteiger partial charge in [0.25, 0.3) is 5.91 Å². The first kappa shape index (κ1) is 12.1. The van der Waals surface area contributed by atoms with Crippen LogP contribution in [0.15, 0.2) is 23.6 Å². The second-order valence-corrected chi connectivity index (χ2v) is 5.40. The van der Waals surface area contributed by atoms with Crippen LogP contribution in [-0.2, 0) is 0 Å². The summed E-state index contributed by atoms with van der Waals surface area (Å²) in [5, 5.41) is 5.20. The third-order valence-electron chi connectivity index (χ3n) is 3.00. The molecule has 3 N–H and O–H groups in total. The summed E-state index contributed by atoms with van der Waals surface area (Å²) in [6.07, 6.45) is 2.34. The summed E-state index contributed by atoms with van der Waals surface area (Å²) in [6, 6.07) is 3.71. The molecule has 1 saturated carbocycles. The van der Waals surface area contributed by atoms with Crippen molar-refractivity contribution in [3.05, 3.63) is 40.7 Å². The normalized spacial score (nSPS) is 14.4. The van der Waals surface area contributed by atoms with Crippen molar-refractivity contribution in [2.75, 3.05) is 11.1 Å². The Morgan fingerprint density at radius 1 is 1.47 bits per heavy atom. The van der Waals surface area contributed by atoms with Gasteiger partial charge in [0.1, 0.15) is 5.82 Å². The van der Waals surface area contributed by atoms with Crippen LogP contribution in [0.3, 0.4) is 0 Å². The predicted octanol–water partition coefficient (Wildman–Crippen LogP) is 2.99. The minimum Gasteiger partial charge on any atom is -0.398 e. The molecule has 1 fully saturated rings. The number of hydrogen-bond donors (Lipinski definition) is 2. The predicted molar refractivity (Wildman–Crippen MR) is 72.9 cm³/mol. The van der Waals surface area contributed by atoms with Crippen LogP contribution in [0.1, 0.15) is 34.8 Å². The first-order valence-electron chi connectivity index (χ1n) is 5.95. The second-order valence-electron chi connectivity index (χ2n) is 4.54. The fraction of sp³-hybridized carbons (Fsp3) is 0.231. The minimum atomic E-state index is -0.459. The van der Waals surface area contributed by atoms with E-state index in [4.69, 9.17) is 5.73 Å². The van der Waals surface area contributed by atoms with Crippen LogP contribution in [0.5, 0.6) is 0 Å². The van der Waals surface area contributed by atoms with E-state index >= 15 is 0 Å². The van der Waals surface area contributed by atoms with Crippen LogP contribution < -0.4 is 11.1 Å². The quantitative estimate of drug-likeness (QED) is 0.847. The molecular formula is C13H12FN3OS. The monoisotopic (exact) mass is 277 g/mol. The highest BCUT2D eigenvalue weighted by molar-refractivity contribution is 7.14. The van der Waals surface area contributed by atoms with Crippen molar-refractivity contribution >= 4 is 28.1 Å². The smallest absolute Gasteiger partial charge is 0.259 e. The molecule has 0 unspecified atom stereocenters. The zero-order valence-corrected chi connectivity index (χ0v) is 10.8. The number of hydrogen-bond acceptors (Lipinski definition) is 4. The summed E-state index contributed by atoms with van der Waals surface area (Å²) >= 11 is 1.39. The zero-order valence-electron chi connectivity index (χ0n) is 10.0. The first-order chi connectivity index (χ1) is 9.13. The maximum atomic E-state index is 12.9. The van der Waals surface area contributed by atoms with E-state index in [0.29, 0.717) is 11.0 Å². The number of anilines is 2. The molecule has 1 amide bonds. The van der Waals surface area contributed by atoms with E-state index in [9.17, 15) is 9.18 Å². The number of benzene rings is 1. The summed E-state index contributed by atoms with van der Waals surface area (Å²) in [4.78, 5) is 16.4. The summed E-state index contributed by atoms with van der Waals surface area (Å²) in [5.74, 6) is -0.272. The van der Waals surface area contributed by atoms with E-state index in [2.05, 4.69) is 10.3 Å². The number of aromatic nitrogens is 1. The molecule has 6 heteroatoms. The molecule has 0 bridgehead atoms. The molecule has 19 heavy (non-hydrogen) atoms. The Labute approximate surface area is 113 Å². The molecule has 0 aliphatic heterocycles. The lowest BCUT2D eigenvalue weighted by molar-refractivity contribution is 0.102. The number of carbonyl (C=O) groups is 1. The van der Waals surface area contributed by atoms with E-state index in [1.54, 1.807) is 0 Å². The molecule has 0 saturated heterocycles. The fourth-order valence-corrected chi connectivity index (χ4v) is 2.60. The van der Waals surface area contributed by atoms with Gasteiger partial charge >= 0.3 is 0 Å².